The predicted molar refractivity (Wildman–Crippen MR) is 118 cm³/mol. The molecule has 0 saturated carbocycles. The van der Waals surface area contributed by atoms with E-state index in [4.69, 9.17) is 4.74 Å². The Morgan fingerprint density at radius 3 is 2.41 bits per heavy atom. The molecule has 3 rings (SSSR count). The van der Waals surface area contributed by atoms with E-state index in [9.17, 15) is 4.79 Å². The van der Waals surface area contributed by atoms with Gasteiger partial charge in [-0.15, -0.1) is 0 Å². The molecule has 0 spiro atoms. The van der Waals surface area contributed by atoms with E-state index in [1.54, 1.807) is 13.3 Å². The Balaban J connectivity index is 1.71. The van der Waals surface area contributed by atoms with Crippen LogP contribution in [0.3, 0.4) is 0 Å². The molecule has 2 aromatic carbocycles. The quantitative estimate of drug-likeness (QED) is 0.452. The molecule has 7 nitrogen and oxygen atoms in total. The maximum absolute atomic E-state index is 12.0. The maximum atomic E-state index is 12.0. The molecule has 3 aromatic rings. The first-order valence-corrected chi connectivity index (χ1v) is 9.52. The van der Waals surface area contributed by atoms with Gasteiger partial charge in [0.25, 0.3) is 5.56 Å². The molecule has 0 aliphatic rings. The van der Waals surface area contributed by atoms with Gasteiger partial charge in [0.05, 0.1) is 19.0 Å². The number of aromatic nitrogens is 2. The number of ether oxygens (including phenoxy) is 1. The van der Waals surface area contributed by atoms with E-state index >= 15 is 0 Å². The van der Waals surface area contributed by atoms with Crippen LogP contribution in [0.4, 0.5) is 11.6 Å². The average molecular weight is 391 g/mol. The number of aromatic amines is 1. The highest BCUT2D eigenvalue weighted by Crippen LogP contribution is 2.20. The second-order valence-electron chi connectivity index (χ2n) is 6.34. The van der Waals surface area contributed by atoms with Crippen LogP contribution in [0.5, 0.6) is 5.75 Å². The van der Waals surface area contributed by atoms with Gasteiger partial charge >= 0.3 is 0 Å². The van der Waals surface area contributed by atoms with Crippen molar-refractivity contribution in [3.63, 3.8) is 0 Å². The number of hydrazone groups is 1. The third kappa shape index (κ3) is 5.22. The highest BCUT2D eigenvalue weighted by Gasteiger charge is 2.04. The van der Waals surface area contributed by atoms with Crippen molar-refractivity contribution in [2.75, 3.05) is 30.5 Å². The van der Waals surface area contributed by atoms with Crippen LogP contribution in [0.2, 0.25) is 0 Å². The standard InChI is InChI=1S/C22H25N5O2/c1-4-27(5-2)18-10-6-16(7-11-18)15-23-26-22-24-20(14-21(28)25-22)17-8-12-19(29-3)13-9-17/h6-15H,4-5H2,1-3H3,(H2,24,25,26,28)/b23-15-. The van der Waals surface area contributed by atoms with Crippen LogP contribution in [0, 0.1) is 0 Å². The van der Waals surface area contributed by atoms with Gasteiger partial charge in [-0.25, -0.2) is 10.4 Å². The molecule has 29 heavy (non-hydrogen) atoms. The van der Waals surface area contributed by atoms with Crippen molar-refractivity contribution < 1.29 is 4.74 Å². The second-order valence-corrected chi connectivity index (χ2v) is 6.34. The number of H-pyrrole nitrogens is 1. The van der Waals surface area contributed by atoms with Crippen LogP contribution in [0.15, 0.2) is 64.5 Å². The Morgan fingerprint density at radius 2 is 1.79 bits per heavy atom. The van der Waals surface area contributed by atoms with Gasteiger partial charge in [-0.2, -0.15) is 5.10 Å². The number of nitrogens with one attached hydrogen (secondary N) is 2. The molecular formula is C22H25N5O2. The zero-order valence-corrected chi connectivity index (χ0v) is 16.8. The number of hydrogen-bond acceptors (Lipinski definition) is 6. The third-order valence-electron chi connectivity index (χ3n) is 4.53. The monoisotopic (exact) mass is 391 g/mol. The molecule has 0 aliphatic carbocycles. The van der Waals surface area contributed by atoms with Crippen molar-refractivity contribution in [1.29, 1.82) is 0 Å². The van der Waals surface area contributed by atoms with Gasteiger partial charge in [0.1, 0.15) is 5.75 Å². The number of nitrogens with zero attached hydrogens (tertiary/aromatic N) is 3. The first-order valence-electron chi connectivity index (χ1n) is 9.52. The highest BCUT2D eigenvalue weighted by molar-refractivity contribution is 5.80. The van der Waals surface area contributed by atoms with Gasteiger partial charge in [0.15, 0.2) is 0 Å². The SMILES string of the molecule is CCN(CC)c1ccc(/C=N\Nc2nc(-c3ccc(OC)cc3)cc(=O)[nH]2)cc1. The molecule has 1 heterocycles. The molecule has 150 valence electrons. The summed E-state index contributed by atoms with van der Waals surface area (Å²) in [6.07, 6.45) is 1.69. The molecule has 7 heteroatoms. The van der Waals surface area contributed by atoms with E-state index in [2.05, 4.69) is 51.4 Å². The summed E-state index contributed by atoms with van der Waals surface area (Å²) in [6.45, 7) is 6.21. The van der Waals surface area contributed by atoms with Gasteiger partial charge in [0.2, 0.25) is 5.95 Å². The predicted octanol–water partition coefficient (Wildman–Crippen LogP) is 3.74. The Hall–Kier alpha value is -3.61. The summed E-state index contributed by atoms with van der Waals surface area (Å²) in [5.74, 6) is 1.02. The largest absolute Gasteiger partial charge is 0.497 e. The van der Waals surface area contributed by atoms with Crippen LogP contribution in [0.25, 0.3) is 11.3 Å². The zero-order chi connectivity index (χ0) is 20.6. The number of anilines is 2. The molecule has 0 aliphatic heterocycles. The Bertz CT molecular complexity index is 1010. The summed E-state index contributed by atoms with van der Waals surface area (Å²) >= 11 is 0. The Morgan fingerprint density at radius 1 is 1.10 bits per heavy atom. The molecule has 0 unspecified atom stereocenters. The van der Waals surface area contributed by atoms with E-state index < -0.39 is 0 Å². The fourth-order valence-corrected chi connectivity index (χ4v) is 2.95. The van der Waals surface area contributed by atoms with Crippen LogP contribution < -0.4 is 20.6 Å². The van der Waals surface area contributed by atoms with E-state index in [1.807, 2.05) is 36.4 Å². The first kappa shape index (κ1) is 20.1. The summed E-state index contributed by atoms with van der Waals surface area (Å²) in [4.78, 5) is 21.3. The van der Waals surface area contributed by atoms with Crippen molar-refractivity contribution >= 4 is 17.9 Å². The molecule has 0 fully saturated rings. The molecular weight excluding hydrogens is 366 g/mol. The fraction of sp³-hybridized carbons (Fsp3) is 0.227. The van der Waals surface area contributed by atoms with E-state index in [-0.39, 0.29) is 11.5 Å². The number of methoxy groups -OCH3 is 1. The summed E-state index contributed by atoms with van der Waals surface area (Å²) < 4.78 is 5.16. The van der Waals surface area contributed by atoms with Crippen LogP contribution in [-0.2, 0) is 0 Å². The molecule has 2 N–H and O–H groups in total. The molecule has 1 aromatic heterocycles. The minimum absolute atomic E-state index is 0.257. The van der Waals surface area contributed by atoms with Crippen molar-refractivity contribution in [3.8, 4) is 17.0 Å². The minimum atomic E-state index is -0.257. The minimum Gasteiger partial charge on any atom is -0.497 e. The maximum Gasteiger partial charge on any atom is 0.252 e. The van der Waals surface area contributed by atoms with Gasteiger partial charge in [-0.05, 0) is 55.8 Å². The lowest BCUT2D eigenvalue weighted by Crippen LogP contribution is -2.21. The molecule has 0 amide bonds. The zero-order valence-electron chi connectivity index (χ0n) is 16.8. The van der Waals surface area contributed by atoms with Crippen molar-refractivity contribution in [1.82, 2.24) is 9.97 Å². The van der Waals surface area contributed by atoms with Crippen LogP contribution in [-0.4, -0.2) is 36.4 Å². The Kier molecular flexibility index (Phi) is 6.63. The van der Waals surface area contributed by atoms with Gasteiger partial charge < -0.3 is 9.64 Å². The normalized spacial score (nSPS) is 10.9. The number of benzene rings is 2. The van der Waals surface area contributed by atoms with Gasteiger partial charge in [-0.3, -0.25) is 9.78 Å². The van der Waals surface area contributed by atoms with E-state index in [0.717, 1.165) is 30.0 Å². The van der Waals surface area contributed by atoms with Crippen molar-refractivity contribution in [2.45, 2.75) is 13.8 Å². The first-order chi connectivity index (χ1) is 14.1. The van der Waals surface area contributed by atoms with E-state index in [0.29, 0.717) is 5.69 Å². The number of rotatable bonds is 8. The van der Waals surface area contributed by atoms with Crippen molar-refractivity contribution in [2.24, 2.45) is 5.10 Å². The summed E-state index contributed by atoms with van der Waals surface area (Å²) in [5.41, 5.74) is 6.03. The van der Waals surface area contributed by atoms with Crippen molar-refractivity contribution in [3.05, 3.63) is 70.5 Å². The molecule has 0 radical (unpaired) electrons. The van der Waals surface area contributed by atoms with Gasteiger partial charge in [-0.1, -0.05) is 12.1 Å². The lowest BCUT2D eigenvalue weighted by atomic mass is 10.1. The molecule has 0 atom stereocenters. The van der Waals surface area contributed by atoms with Gasteiger partial charge in [0, 0.05) is 30.4 Å². The fourth-order valence-electron chi connectivity index (χ4n) is 2.95. The summed E-state index contributed by atoms with van der Waals surface area (Å²) in [5, 5.41) is 4.19. The molecule has 0 saturated heterocycles. The lowest BCUT2D eigenvalue weighted by Gasteiger charge is -2.20. The highest BCUT2D eigenvalue weighted by atomic mass is 16.5. The Labute approximate surface area is 170 Å². The van der Waals surface area contributed by atoms with E-state index in [1.165, 1.54) is 11.8 Å². The smallest absolute Gasteiger partial charge is 0.252 e. The van der Waals surface area contributed by atoms with Crippen LogP contribution >= 0.6 is 0 Å². The summed E-state index contributed by atoms with van der Waals surface area (Å²) in [7, 11) is 1.61. The topological polar surface area (TPSA) is 82.6 Å². The molecule has 0 bridgehead atoms. The second kappa shape index (κ2) is 9.54. The van der Waals surface area contributed by atoms with Crippen LogP contribution in [0.1, 0.15) is 19.4 Å². The lowest BCUT2D eigenvalue weighted by molar-refractivity contribution is 0.415. The third-order valence-corrected chi connectivity index (χ3v) is 4.53. The number of hydrogen-bond donors (Lipinski definition) is 2. The summed E-state index contributed by atoms with van der Waals surface area (Å²) in [6, 6.07) is 16.9. The average Bonchev–Trinajstić information content (AvgIpc) is 2.75.